The van der Waals surface area contributed by atoms with Gasteiger partial charge in [0.2, 0.25) is 5.91 Å². The number of carbonyl (C=O) groups is 3. The maximum atomic E-state index is 12.5. The van der Waals surface area contributed by atoms with Crippen molar-refractivity contribution in [1.29, 1.82) is 0 Å². The van der Waals surface area contributed by atoms with E-state index in [-0.39, 0.29) is 11.8 Å². The highest BCUT2D eigenvalue weighted by molar-refractivity contribution is 7.17. The molecule has 0 aromatic carbocycles. The molecule has 9 heteroatoms. The van der Waals surface area contributed by atoms with Crippen LogP contribution in [0.1, 0.15) is 45.1 Å². The van der Waals surface area contributed by atoms with E-state index in [9.17, 15) is 14.4 Å². The maximum absolute atomic E-state index is 12.5. The molecule has 1 aliphatic rings. The van der Waals surface area contributed by atoms with Crippen molar-refractivity contribution in [2.24, 2.45) is 5.73 Å². The SMILES string of the molecule is CCn1nccc1C(=O)Nc1sc2c(c1C(N)=O)CCN(C(C)=O)C2. The Balaban J connectivity index is 1.93. The molecular formula is C16H19N5O3S. The van der Waals surface area contributed by atoms with Gasteiger partial charge in [0.15, 0.2) is 0 Å². The van der Waals surface area contributed by atoms with E-state index in [4.69, 9.17) is 5.73 Å². The number of hydrogen-bond acceptors (Lipinski definition) is 5. The minimum Gasteiger partial charge on any atom is -0.365 e. The van der Waals surface area contributed by atoms with Gasteiger partial charge in [-0.25, -0.2) is 0 Å². The molecule has 0 saturated carbocycles. The highest BCUT2D eigenvalue weighted by atomic mass is 32.1. The lowest BCUT2D eigenvalue weighted by atomic mass is 10.0. The molecule has 0 atom stereocenters. The third-order valence-electron chi connectivity index (χ3n) is 4.22. The van der Waals surface area contributed by atoms with Crippen LogP contribution in [-0.2, 0) is 24.3 Å². The number of nitrogens with zero attached hydrogens (tertiary/aromatic N) is 3. The molecule has 2 aromatic rings. The number of hydrogen-bond donors (Lipinski definition) is 2. The number of fused-ring (bicyclic) bond motifs is 1. The van der Waals surface area contributed by atoms with E-state index in [1.807, 2.05) is 6.92 Å². The smallest absolute Gasteiger partial charge is 0.274 e. The molecular weight excluding hydrogens is 342 g/mol. The summed E-state index contributed by atoms with van der Waals surface area (Å²) in [4.78, 5) is 38.7. The summed E-state index contributed by atoms with van der Waals surface area (Å²) in [6, 6.07) is 1.62. The average Bonchev–Trinajstić information content (AvgIpc) is 3.17. The van der Waals surface area contributed by atoms with Crippen molar-refractivity contribution >= 4 is 34.1 Å². The highest BCUT2D eigenvalue weighted by Gasteiger charge is 2.29. The Bertz CT molecular complexity index is 854. The second-order valence-corrected chi connectivity index (χ2v) is 6.85. The molecule has 0 unspecified atom stereocenters. The fraction of sp³-hybridized carbons (Fsp3) is 0.375. The summed E-state index contributed by atoms with van der Waals surface area (Å²) < 4.78 is 1.57. The van der Waals surface area contributed by atoms with E-state index in [1.54, 1.807) is 21.8 Å². The normalized spacial score (nSPS) is 13.4. The van der Waals surface area contributed by atoms with Crippen LogP contribution in [0.15, 0.2) is 12.3 Å². The lowest BCUT2D eigenvalue weighted by Crippen LogP contribution is -2.34. The van der Waals surface area contributed by atoms with Crippen molar-refractivity contribution in [3.8, 4) is 0 Å². The van der Waals surface area contributed by atoms with Gasteiger partial charge in [-0.1, -0.05) is 0 Å². The highest BCUT2D eigenvalue weighted by Crippen LogP contribution is 2.37. The van der Waals surface area contributed by atoms with E-state index in [0.29, 0.717) is 42.3 Å². The van der Waals surface area contributed by atoms with Crippen molar-refractivity contribution in [2.45, 2.75) is 33.4 Å². The predicted molar refractivity (Wildman–Crippen MR) is 93.5 cm³/mol. The van der Waals surface area contributed by atoms with Crippen molar-refractivity contribution in [3.63, 3.8) is 0 Å². The molecule has 3 amide bonds. The molecule has 132 valence electrons. The number of aryl methyl sites for hydroxylation is 1. The van der Waals surface area contributed by atoms with Crippen molar-refractivity contribution in [3.05, 3.63) is 34.0 Å². The Morgan fingerprint density at radius 1 is 1.40 bits per heavy atom. The fourth-order valence-corrected chi connectivity index (χ4v) is 4.23. The number of primary amides is 1. The van der Waals surface area contributed by atoms with Crippen LogP contribution in [0.4, 0.5) is 5.00 Å². The fourth-order valence-electron chi connectivity index (χ4n) is 2.97. The maximum Gasteiger partial charge on any atom is 0.274 e. The van der Waals surface area contributed by atoms with Crippen LogP contribution in [0.5, 0.6) is 0 Å². The van der Waals surface area contributed by atoms with Gasteiger partial charge in [-0.2, -0.15) is 5.10 Å². The number of rotatable bonds is 4. The Morgan fingerprint density at radius 2 is 2.16 bits per heavy atom. The van der Waals surface area contributed by atoms with Crippen molar-refractivity contribution in [2.75, 3.05) is 11.9 Å². The minimum absolute atomic E-state index is 0.0166. The van der Waals surface area contributed by atoms with Crippen LogP contribution in [0, 0.1) is 0 Å². The van der Waals surface area contributed by atoms with Gasteiger partial charge in [0.25, 0.3) is 11.8 Å². The topological polar surface area (TPSA) is 110 Å². The monoisotopic (exact) mass is 361 g/mol. The Hall–Kier alpha value is -2.68. The minimum atomic E-state index is -0.576. The molecule has 0 spiro atoms. The van der Waals surface area contributed by atoms with E-state index >= 15 is 0 Å². The molecule has 0 bridgehead atoms. The number of aromatic nitrogens is 2. The van der Waals surface area contributed by atoms with Crippen LogP contribution >= 0.6 is 11.3 Å². The summed E-state index contributed by atoms with van der Waals surface area (Å²) in [6.45, 7) is 4.93. The van der Waals surface area contributed by atoms with Crippen LogP contribution in [0.3, 0.4) is 0 Å². The zero-order valence-electron chi connectivity index (χ0n) is 14.0. The summed E-state index contributed by atoms with van der Waals surface area (Å²) in [5, 5.41) is 7.29. The number of amides is 3. The molecule has 1 aliphatic heterocycles. The Kier molecular flexibility index (Phi) is 4.58. The van der Waals surface area contributed by atoms with E-state index in [2.05, 4.69) is 10.4 Å². The third kappa shape index (κ3) is 3.14. The van der Waals surface area contributed by atoms with Crippen LogP contribution in [0.2, 0.25) is 0 Å². The largest absolute Gasteiger partial charge is 0.365 e. The van der Waals surface area contributed by atoms with Crippen molar-refractivity contribution in [1.82, 2.24) is 14.7 Å². The standard InChI is InChI=1S/C16H19N5O3S/c1-3-21-11(4-6-18-21)15(24)19-16-13(14(17)23)10-5-7-20(9(2)22)8-12(10)25-16/h4,6H,3,5,7-8H2,1-2H3,(H2,17,23)(H,19,24). The predicted octanol–water partition coefficient (Wildman–Crippen LogP) is 1.22. The van der Waals surface area contributed by atoms with Gasteiger partial charge in [-0.3, -0.25) is 19.1 Å². The van der Waals surface area contributed by atoms with Gasteiger partial charge in [-0.05, 0) is 25.0 Å². The first-order valence-corrected chi connectivity index (χ1v) is 8.77. The van der Waals surface area contributed by atoms with Gasteiger partial charge < -0.3 is 16.0 Å². The van der Waals surface area contributed by atoms with Crippen molar-refractivity contribution < 1.29 is 14.4 Å². The van der Waals surface area contributed by atoms with Gasteiger partial charge in [0, 0.05) is 31.1 Å². The van der Waals surface area contributed by atoms with Crippen LogP contribution in [-0.4, -0.2) is 38.9 Å². The van der Waals surface area contributed by atoms with E-state index < -0.39 is 5.91 Å². The third-order valence-corrected chi connectivity index (χ3v) is 5.36. The first-order valence-electron chi connectivity index (χ1n) is 7.95. The van der Waals surface area contributed by atoms with Gasteiger partial charge in [0.1, 0.15) is 10.7 Å². The molecule has 0 aliphatic carbocycles. The first-order chi connectivity index (χ1) is 11.9. The molecule has 0 radical (unpaired) electrons. The Labute approximate surface area is 148 Å². The van der Waals surface area contributed by atoms with E-state index in [1.165, 1.54) is 18.3 Å². The average molecular weight is 361 g/mol. The van der Waals surface area contributed by atoms with Gasteiger partial charge >= 0.3 is 0 Å². The number of anilines is 1. The number of carbonyl (C=O) groups excluding carboxylic acids is 3. The summed E-state index contributed by atoms with van der Waals surface area (Å²) >= 11 is 1.29. The van der Waals surface area contributed by atoms with Gasteiger partial charge in [0.05, 0.1) is 12.1 Å². The lowest BCUT2D eigenvalue weighted by molar-refractivity contribution is -0.129. The summed E-state index contributed by atoms with van der Waals surface area (Å²) in [6.07, 6.45) is 2.10. The molecule has 25 heavy (non-hydrogen) atoms. The lowest BCUT2D eigenvalue weighted by Gasteiger charge is -2.25. The second-order valence-electron chi connectivity index (χ2n) is 5.75. The van der Waals surface area contributed by atoms with Crippen LogP contribution < -0.4 is 11.1 Å². The molecule has 0 fully saturated rings. The number of nitrogens with one attached hydrogen (secondary N) is 1. The zero-order valence-corrected chi connectivity index (χ0v) is 14.9. The molecule has 2 aromatic heterocycles. The summed E-state index contributed by atoms with van der Waals surface area (Å²) in [7, 11) is 0. The quantitative estimate of drug-likeness (QED) is 0.853. The number of thiophene rings is 1. The summed E-state index contributed by atoms with van der Waals surface area (Å²) in [5.74, 6) is -0.936. The number of nitrogens with two attached hydrogens (primary N) is 1. The molecule has 3 heterocycles. The van der Waals surface area contributed by atoms with Crippen LogP contribution in [0.25, 0.3) is 0 Å². The first kappa shape index (κ1) is 17.2. The molecule has 8 nitrogen and oxygen atoms in total. The van der Waals surface area contributed by atoms with E-state index in [0.717, 1.165) is 10.4 Å². The molecule has 3 rings (SSSR count). The Morgan fingerprint density at radius 3 is 2.80 bits per heavy atom. The second kappa shape index (κ2) is 6.67. The molecule has 0 saturated heterocycles. The zero-order chi connectivity index (χ0) is 18.1. The summed E-state index contributed by atoms with van der Waals surface area (Å²) in [5.41, 5.74) is 7.13. The molecule has 3 N–H and O–H groups in total. The van der Waals surface area contributed by atoms with Gasteiger partial charge in [-0.15, -0.1) is 11.3 Å².